The largest absolute Gasteiger partial charge is 0.388 e. The van der Waals surface area contributed by atoms with Crippen molar-refractivity contribution in [3.63, 3.8) is 0 Å². The van der Waals surface area contributed by atoms with Crippen molar-refractivity contribution in [2.24, 2.45) is 0 Å². The fourth-order valence-electron chi connectivity index (χ4n) is 2.50. The number of benzene rings is 1. The van der Waals surface area contributed by atoms with E-state index in [4.69, 9.17) is 4.74 Å². The molecule has 1 fully saturated rings. The van der Waals surface area contributed by atoms with E-state index in [0.29, 0.717) is 5.92 Å². The van der Waals surface area contributed by atoms with Crippen molar-refractivity contribution in [1.82, 2.24) is 0 Å². The molecule has 3 unspecified atom stereocenters. The molecule has 1 heterocycles. The second kappa shape index (κ2) is 6.35. The van der Waals surface area contributed by atoms with Crippen LogP contribution in [0.1, 0.15) is 62.7 Å². The highest BCUT2D eigenvalue weighted by Crippen LogP contribution is 2.26. The molecular formula is C16H24O2. The van der Waals surface area contributed by atoms with E-state index >= 15 is 0 Å². The van der Waals surface area contributed by atoms with E-state index in [-0.39, 0.29) is 12.2 Å². The lowest BCUT2D eigenvalue weighted by Gasteiger charge is -2.16. The molecule has 0 bridgehead atoms. The van der Waals surface area contributed by atoms with Gasteiger partial charge in [-0.3, -0.25) is 0 Å². The predicted octanol–water partition coefficient (Wildman–Crippen LogP) is 3.80. The monoisotopic (exact) mass is 248 g/mol. The van der Waals surface area contributed by atoms with Crippen LogP contribution in [-0.4, -0.2) is 17.8 Å². The predicted molar refractivity (Wildman–Crippen MR) is 73.7 cm³/mol. The second-order valence-electron chi connectivity index (χ2n) is 5.36. The van der Waals surface area contributed by atoms with Crippen LogP contribution in [0.25, 0.3) is 0 Å². The number of rotatable bonds is 5. The van der Waals surface area contributed by atoms with Gasteiger partial charge in [0.25, 0.3) is 0 Å². The van der Waals surface area contributed by atoms with Crippen molar-refractivity contribution >= 4 is 0 Å². The molecule has 18 heavy (non-hydrogen) atoms. The van der Waals surface area contributed by atoms with E-state index in [1.165, 1.54) is 5.56 Å². The number of aliphatic hydroxyl groups excluding tert-OH is 1. The molecule has 0 aromatic heterocycles. The van der Waals surface area contributed by atoms with Gasteiger partial charge in [0.2, 0.25) is 0 Å². The van der Waals surface area contributed by atoms with E-state index in [9.17, 15) is 5.11 Å². The smallest absolute Gasteiger partial charge is 0.0814 e. The molecule has 1 aliphatic heterocycles. The van der Waals surface area contributed by atoms with Gasteiger partial charge >= 0.3 is 0 Å². The lowest BCUT2D eigenvalue weighted by molar-refractivity contribution is 0.0535. The zero-order valence-electron chi connectivity index (χ0n) is 11.4. The minimum Gasteiger partial charge on any atom is -0.388 e. The summed E-state index contributed by atoms with van der Waals surface area (Å²) in [5, 5.41) is 10.2. The normalized spacial score (nSPS) is 22.9. The summed E-state index contributed by atoms with van der Waals surface area (Å²) < 4.78 is 5.56. The maximum absolute atomic E-state index is 10.2. The molecule has 100 valence electrons. The molecule has 2 rings (SSSR count). The van der Waals surface area contributed by atoms with Crippen LogP contribution in [0.2, 0.25) is 0 Å². The molecule has 1 aliphatic rings. The first-order valence-corrected chi connectivity index (χ1v) is 7.10. The third-order valence-corrected chi connectivity index (χ3v) is 4.01. The molecule has 1 aromatic carbocycles. The van der Waals surface area contributed by atoms with Gasteiger partial charge in [-0.1, -0.05) is 38.1 Å². The summed E-state index contributed by atoms with van der Waals surface area (Å²) in [7, 11) is 0. The molecule has 0 spiro atoms. The van der Waals surface area contributed by atoms with Crippen LogP contribution in [0.15, 0.2) is 24.3 Å². The summed E-state index contributed by atoms with van der Waals surface area (Å²) in [6.45, 7) is 5.28. The van der Waals surface area contributed by atoms with E-state index in [0.717, 1.165) is 37.9 Å². The zero-order valence-corrected chi connectivity index (χ0v) is 11.4. The Balaban J connectivity index is 1.95. The lowest BCUT2D eigenvalue weighted by Crippen LogP contribution is -2.11. The minimum absolute atomic E-state index is 0.245. The van der Waals surface area contributed by atoms with Gasteiger partial charge in [-0.2, -0.15) is 0 Å². The topological polar surface area (TPSA) is 29.5 Å². The third-order valence-electron chi connectivity index (χ3n) is 4.01. The number of ether oxygens (including phenoxy) is 1. The highest BCUT2D eigenvalue weighted by Gasteiger charge is 2.20. The Bertz CT molecular complexity index is 352. The van der Waals surface area contributed by atoms with Crippen LogP contribution in [0.5, 0.6) is 0 Å². The van der Waals surface area contributed by atoms with E-state index in [2.05, 4.69) is 38.1 Å². The fraction of sp³-hybridized carbons (Fsp3) is 0.625. The summed E-state index contributed by atoms with van der Waals surface area (Å²) in [5.74, 6) is 0.592. The first kappa shape index (κ1) is 13.6. The van der Waals surface area contributed by atoms with Crippen molar-refractivity contribution in [3.8, 4) is 0 Å². The van der Waals surface area contributed by atoms with Crippen molar-refractivity contribution < 1.29 is 9.84 Å². The molecule has 0 amide bonds. The Kier molecular flexibility index (Phi) is 4.79. The SMILES string of the molecule is CCC(C)c1ccc(C(O)CC2CCCO2)cc1. The first-order chi connectivity index (χ1) is 8.70. The van der Waals surface area contributed by atoms with Gasteiger partial charge in [0.05, 0.1) is 12.2 Å². The Hall–Kier alpha value is -0.860. The van der Waals surface area contributed by atoms with Crippen LogP contribution >= 0.6 is 0 Å². The number of aliphatic hydroxyl groups is 1. The number of hydrogen-bond acceptors (Lipinski definition) is 2. The maximum Gasteiger partial charge on any atom is 0.0814 e. The lowest BCUT2D eigenvalue weighted by atomic mass is 9.95. The zero-order chi connectivity index (χ0) is 13.0. The standard InChI is InChI=1S/C16H24O2/c1-3-12(2)13-6-8-14(9-7-13)16(17)11-15-5-4-10-18-15/h6-9,12,15-17H,3-5,10-11H2,1-2H3. The Morgan fingerprint density at radius 3 is 2.50 bits per heavy atom. The number of hydrogen-bond donors (Lipinski definition) is 1. The van der Waals surface area contributed by atoms with Crippen molar-refractivity contribution in [2.75, 3.05) is 6.61 Å². The maximum atomic E-state index is 10.2. The molecule has 1 saturated heterocycles. The highest BCUT2D eigenvalue weighted by molar-refractivity contribution is 5.26. The van der Waals surface area contributed by atoms with Gasteiger partial charge in [0.15, 0.2) is 0 Å². The third kappa shape index (κ3) is 3.33. The van der Waals surface area contributed by atoms with Crippen molar-refractivity contribution in [2.45, 2.75) is 57.7 Å². The minimum atomic E-state index is -0.390. The van der Waals surface area contributed by atoms with Gasteiger partial charge < -0.3 is 9.84 Å². The first-order valence-electron chi connectivity index (χ1n) is 7.10. The molecule has 2 heteroatoms. The average molecular weight is 248 g/mol. The molecular weight excluding hydrogens is 224 g/mol. The second-order valence-corrected chi connectivity index (χ2v) is 5.36. The molecule has 0 saturated carbocycles. The Labute approximate surface area is 110 Å². The van der Waals surface area contributed by atoms with Crippen LogP contribution in [-0.2, 0) is 4.74 Å². The van der Waals surface area contributed by atoms with Crippen molar-refractivity contribution in [1.29, 1.82) is 0 Å². The van der Waals surface area contributed by atoms with Crippen LogP contribution in [0.3, 0.4) is 0 Å². The van der Waals surface area contributed by atoms with E-state index in [1.54, 1.807) is 0 Å². The Morgan fingerprint density at radius 2 is 1.94 bits per heavy atom. The van der Waals surface area contributed by atoms with Gasteiger partial charge in [0.1, 0.15) is 0 Å². The quantitative estimate of drug-likeness (QED) is 0.858. The summed E-state index contributed by atoms with van der Waals surface area (Å²) >= 11 is 0. The van der Waals surface area contributed by atoms with Gasteiger partial charge in [-0.25, -0.2) is 0 Å². The highest BCUT2D eigenvalue weighted by atomic mass is 16.5. The Morgan fingerprint density at radius 1 is 1.28 bits per heavy atom. The van der Waals surface area contributed by atoms with Gasteiger partial charge in [-0.15, -0.1) is 0 Å². The summed E-state index contributed by atoms with van der Waals surface area (Å²) in [6.07, 6.45) is 3.95. The molecule has 0 aliphatic carbocycles. The van der Waals surface area contributed by atoms with Gasteiger partial charge in [-0.05, 0) is 36.3 Å². The van der Waals surface area contributed by atoms with Crippen LogP contribution in [0, 0.1) is 0 Å². The molecule has 0 radical (unpaired) electrons. The van der Waals surface area contributed by atoms with Crippen LogP contribution < -0.4 is 0 Å². The van der Waals surface area contributed by atoms with Gasteiger partial charge in [0, 0.05) is 13.0 Å². The summed E-state index contributed by atoms with van der Waals surface area (Å²) in [5.41, 5.74) is 2.36. The summed E-state index contributed by atoms with van der Waals surface area (Å²) in [6, 6.07) is 8.40. The van der Waals surface area contributed by atoms with E-state index < -0.39 is 0 Å². The van der Waals surface area contributed by atoms with Crippen LogP contribution in [0.4, 0.5) is 0 Å². The molecule has 2 nitrogen and oxygen atoms in total. The van der Waals surface area contributed by atoms with Crippen molar-refractivity contribution in [3.05, 3.63) is 35.4 Å². The summed E-state index contributed by atoms with van der Waals surface area (Å²) in [4.78, 5) is 0. The van der Waals surface area contributed by atoms with E-state index in [1.807, 2.05) is 0 Å². The molecule has 1 N–H and O–H groups in total. The molecule has 3 atom stereocenters. The average Bonchev–Trinajstić information content (AvgIpc) is 2.91. The fourth-order valence-corrected chi connectivity index (χ4v) is 2.50. The molecule has 1 aromatic rings.